The van der Waals surface area contributed by atoms with E-state index in [1.165, 1.54) is 0 Å². The third-order valence-corrected chi connectivity index (χ3v) is 2.40. The van der Waals surface area contributed by atoms with E-state index in [1.54, 1.807) is 38.1 Å². The molecule has 0 fully saturated rings. The van der Waals surface area contributed by atoms with Crippen LogP contribution in [0, 0.1) is 0 Å². The Morgan fingerprint density at radius 1 is 0.905 bits per heavy atom. The average molecular weight is 296 g/mol. The second-order valence-corrected chi connectivity index (χ2v) is 3.88. The van der Waals surface area contributed by atoms with Gasteiger partial charge in [0.25, 0.3) is 6.10 Å². The van der Waals surface area contributed by atoms with Crippen molar-refractivity contribution in [3.63, 3.8) is 0 Å². The molecule has 0 aromatic heterocycles. The van der Waals surface area contributed by atoms with E-state index in [1.807, 2.05) is 6.92 Å². The highest BCUT2D eigenvalue weighted by molar-refractivity contribution is 5.98. The van der Waals surface area contributed by atoms with Gasteiger partial charge in [0.1, 0.15) is 0 Å². The Balaban J connectivity index is 2.95. The van der Waals surface area contributed by atoms with E-state index < -0.39 is 18.0 Å². The number of para-hydroxylation sites is 2. The number of ether oxygens (including phenoxy) is 4. The van der Waals surface area contributed by atoms with Gasteiger partial charge >= 0.3 is 11.9 Å². The Labute approximate surface area is 123 Å². The van der Waals surface area contributed by atoms with Gasteiger partial charge in [-0.25, -0.2) is 9.59 Å². The molecule has 0 saturated carbocycles. The van der Waals surface area contributed by atoms with E-state index >= 15 is 0 Å². The maximum absolute atomic E-state index is 11.8. The number of hydrogen-bond donors (Lipinski definition) is 0. The number of rotatable bonds is 8. The lowest BCUT2D eigenvalue weighted by Gasteiger charge is -2.18. The van der Waals surface area contributed by atoms with Crippen LogP contribution in [0.1, 0.15) is 20.8 Å². The predicted octanol–water partition coefficient (Wildman–Crippen LogP) is 1.96. The van der Waals surface area contributed by atoms with Crippen LogP contribution in [-0.4, -0.2) is 37.9 Å². The molecular weight excluding hydrogens is 276 g/mol. The van der Waals surface area contributed by atoms with Crippen LogP contribution in [0.3, 0.4) is 0 Å². The van der Waals surface area contributed by atoms with Gasteiger partial charge in [-0.15, -0.1) is 0 Å². The van der Waals surface area contributed by atoms with Crippen molar-refractivity contribution in [2.45, 2.75) is 26.9 Å². The molecule has 0 bridgehead atoms. The fraction of sp³-hybridized carbons (Fsp3) is 0.467. The zero-order chi connectivity index (χ0) is 15.7. The second-order valence-electron chi connectivity index (χ2n) is 3.88. The van der Waals surface area contributed by atoms with Crippen LogP contribution in [0.5, 0.6) is 11.5 Å². The van der Waals surface area contributed by atoms with Crippen molar-refractivity contribution >= 4 is 11.9 Å². The van der Waals surface area contributed by atoms with Gasteiger partial charge in [0.05, 0.1) is 19.8 Å². The molecule has 0 amide bonds. The zero-order valence-electron chi connectivity index (χ0n) is 12.5. The summed E-state index contributed by atoms with van der Waals surface area (Å²) in [6.07, 6.45) is -1.47. The Morgan fingerprint density at radius 3 is 1.90 bits per heavy atom. The minimum atomic E-state index is -1.47. The largest absolute Gasteiger partial charge is 0.490 e. The Bertz CT molecular complexity index is 453. The number of carbonyl (C=O) groups excluding carboxylic acids is 2. The molecule has 0 aliphatic heterocycles. The van der Waals surface area contributed by atoms with Crippen LogP contribution < -0.4 is 9.47 Å². The van der Waals surface area contributed by atoms with Crippen molar-refractivity contribution in [3.8, 4) is 11.5 Å². The standard InChI is InChI=1S/C15H20O6/c1-4-18-11-9-7-8-10-12(11)21-13(14(16)19-5-2)15(17)20-6-3/h7-10,13H,4-6H2,1-3H3. The van der Waals surface area contributed by atoms with Gasteiger partial charge < -0.3 is 18.9 Å². The fourth-order valence-electron chi connectivity index (χ4n) is 1.58. The Hall–Kier alpha value is -2.24. The fourth-order valence-corrected chi connectivity index (χ4v) is 1.58. The quantitative estimate of drug-likeness (QED) is 0.539. The molecule has 0 atom stereocenters. The highest BCUT2D eigenvalue weighted by Gasteiger charge is 2.32. The highest BCUT2D eigenvalue weighted by atomic mass is 16.6. The molecule has 0 unspecified atom stereocenters. The summed E-state index contributed by atoms with van der Waals surface area (Å²) in [7, 11) is 0. The molecule has 0 aliphatic rings. The third-order valence-electron chi connectivity index (χ3n) is 2.40. The maximum Gasteiger partial charge on any atom is 0.359 e. The van der Waals surface area contributed by atoms with Gasteiger partial charge in [0, 0.05) is 0 Å². The van der Waals surface area contributed by atoms with Crippen molar-refractivity contribution in [2.24, 2.45) is 0 Å². The molecule has 0 radical (unpaired) electrons. The monoisotopic (exact) mass is 296 g/mol. The van der Waals surface area contributed by atoms with Gasteiger partial charge in [0.15, 0.2) is 11.5 Å². The molecule has 21 heavy (non-hydrogen) atoms. The van der Waals surface area contributed by atoms with Gasteiger partial charge in [-0.1, -0.05) is 12.1 Å². The molecule has 0 spiro atoms. The second kappa shape index (κ2) is 8.84. The van der Waals surface area contributed by atoms with E-state index in [-0.39, 0.29) is 19.0 Å². The summed E-state index contributed by atoms with van der Waals surface area (Å²) in [5.41, 5.74) is 0. The average Bonchev–Trinajstić information content (AvgIpc) is 2.47. The smallest absolute Gasteiger partial charge is 0.359 e. The third kappa shape index (κ3) is 4.98. The van der Waals surface area contributed by atoms with E-state index in [2.05, 4.69) is 0 Å². The lowest BCUT2D eigenvalue weighted by atomic mass is 10.3. The summed E-state index contributed by atoms with van der Waals surface area (Å²) in [6, 6.07) is 6.77. The van der Waals surface area contributed by atoms with Crippen LogP contribution in [0.4, 0.5) is 0 Å². The predicted molar refractivity (Wildman–Crippen MR) is 75.3 cm³/mol. The van der Waals surface area contributed by atoms with Crippen molar-refractivity contribution in [2.75, 3.05) is 19.8 Å². The number of hydrogen-bond acceptors (Lipinski definition) is 6. The minimum Gasteiger partial charge on any atom is -0.490 e. The zero-order valence-corrected chi connectivity index (χ0v) is 12.5. The highest BCUT2D eigenvalue weighted by Crippen LogP contribution is 2.27. The number of benzene rings is 1. The molecule has 6 nitrogen and oxygen atoms in total. The molecule has 1 aromatic carbocycles. The van der Waals surface area contributed by atoms with Crippen LogP contribution in [0.25, 0.3) is 0 Å². The van der Waals surface area contributed by atoms with Crippen molar-refractivity contribution < 1.29 is 28.5 Å². The van der Waals surface area contributed by atoms with Gasteiger partial charge in [0.2, 0.25) is 0 Å². The summed E-state index contributed by atoms with van der Waals surface area (Å²) < 4.78 is 20.5. The Kier molecular flexibility index (Phi) is 7.08. The number of carbonyl (C=O) groups is 2. The molecule has 1 rings (SSSR count). The lowest BCUT2D eigenvalue weighted by molar-refractivity contribution is -0.166. The minimum absolute atomic E-state index is 0.144. The van der Waals surface area contributed by atoms with Crippen LogP contribution in [-0.2, 0) is 19.1 Å². The summed E-state index contributed by atoms with van der Waals surface area (Å²) in [4.78, 5) is 23.7. The summed E-state index contributed by atoms with van der Waals surface area (Å²) >= 11 is 0. The van der Waals surface area contributed by atoms with Crippen LogP contribution in [0.2, 0.25) is 0 Å². The van der Waals surface area contributed by atoms with E-state index in [9.17, 15) is 9.59 Å². The molecular formula is C15H20O6. The first-order chi connectivity index (χ1) is 10.1. The van der Waals surface area contributed by atoms with Crippen molar-refractivity contribution in [1.82, 2.24) is 0 Å². The molecule has 0 heterocycles. The number of esters is 2. The van der Waals surface area contributed by atoms with E-state index in [0.29, 0.717) is 12.4 Å². The summed E-state index contributed by atoms with van der Waals surface area (Å²) in [6.45, 7) is 5.84. The van der Waals surface area contributed by atoms with E-state index in [4.69, 9.17) is 18.9 Å². The summed E-state index contributed by atoms with van der Waals surface area (Å²) in [5.74, 6) is -0.853. The van der Waals surface area contributed by atoms with Crippen molar-refractivity contribution in [1.29, 1.82) is 0 Å². The molecule has 0 N–H and O–H groups in total. The normalized spacial score (nSPS) is 10.1. The maximum atomic E-state index is 11.8. The van der Waals surface area contributed by atoms with Crippen LogP contribution in [0.15, 0.2) is 24.3 Å². The van der Waals surface area contributed by atoms with E-state index in [0.717, 1.165) is 0 Å². The molecule has 6 heteroatoms. The first-order valence-electron chi connectivity index (χ1n) is 6.85. The lowest BCUT2D eigenvalue weighted by Crippen LogP contribution is -2.38. The van der Waals surface area contributed by atoms with Crippen molar-refractivity contribution in [3.05, 3.63) is 24.3 Å². The van der Waals surface area contributed by atoms with Crippen LogP contribution >= 0.6 is 0 Å². The summed E-state index contributed by atoms with van der Waals surface area (Å²) in [5, 5.41) is 0. The van der Waals surface area contributed by atoms with Gasteiger partial charge in [-0.2, -0.15) is 0 Å². The van der Waals surface area contributed by atoms with Gasteiger partial charge in [-0.3, -0.25) is 0 Å². The molecule has 0 aliphatic carbocycles. The van der Waals surface area contributed by atoms with Gasteiger partial charge in [-0.05, 0) is 32.9 Å². The molecule has 1 aromatic rings. The first kappa shape index (κ1) is 16.8. The molecule has 0 saturated heterocycles. The topological polar surface area (TPSA) is 71.1 Å². The first-order valence-corrected chi connectivity index (χ1v) is 6.85. The Morgan fingerprint density at radius 2 is 1.43 bits per heavy atom. The molecule has 116 valence electrons. The SMILES string of the molecule is CCOC(=O)C(Oc1ccccc1OCC)C(=O)OCC.